The van der Waals surface area contributed by atoms with Gasteiger partial charge in [0.2, 0.25) is 5.95 Å². The molecule has 0 saturated carbocycles. The Kier molecular flexibility index (Phi) is 2.45. The fourth-order valence-corrected chi connectivity index (χ4v) is 1.31. The number of aromatic nitrogens is 2. The maximum atomic E-state index is 5.61. The molecule has 1 aromatic heterocycles. The molecule has 0 unspecified atom stereocenters. The quantitative estimate of drug-likeness (QED) is 0.688. The van der Waals surface area contributed by atoms with Gasteiger partial charge in [0.15, 0.2) is 0 Å². The Bertz CT molecular complexity index is 434. The van der Waals surface area contributed by atoms with E-state index in [-0.39, 0.29) is 0 Å². The third-order valence-electron chi connectivity index (χ3n) is 2.05. The molecule has 15 heavy (non-hydrogen) atoms. The number of anilines is 2. The number of nitrogens with zero attached hydrogens (tertiary/aromatic N) is 2. The first-order chi connectivity index (χ1) is 7.25. The van der Waals surface area contributed by atoms with Crippen molar-refractivity contribution in [1.82, 2.24) is 9.66 Å². The molecule has 0 atom stereocenters. The number of nitrogens with two attached hydrogens (primary N) is 2. The summed E-state index contributed by atoms with van der Waals surface area (Å²) in [6.45, 7) is 0.681. The lowest BCUT2D eigenvalue weighted by Crippen LogP contribution is -2.15. The first kappa shape index (κ1) is 9.39. The summed E-state index contributed by atoms with van der Waals surface area (Å²) in [5.41, 5.74) is 15.4. The molecule has 0 radical (unpaired) electrons. The average molecular weight is 203 g/mol. The molecule has 1 aromatic carbocycles. The molecule has 5 heteroatoms. The van der Waals surface area contributed by atoms with Crippen LogP contribution in [-0.4, -0.2) is 9.66 Å². The first-order valence-electron chi connectivity index (χ1n) is 4.64. The zero-order valence-electron chi connectivity index (χ0n) is 8.22. The summed E-state index contributed by atoms with van der Waals surface area (Å²) in [5, 5.41) is 0. The van der Waals surface area contributed by atoms with E-state index < -0.39 is 0 Å². The van der Waals surface area contributed by atoms with Crippen LogP contribution in [0.1, 0.15) is 5.56 Å². The van der Waals surface area contributed by atoms with Crippen LogP contribution >= 0.6 is 0 Å². The molecule has 0 amide bonds. The Hall–Kier alpha value is -2.17. The molecular formula is C10H13N5. The fourth-order valence-electron chi connectivity index (χ4n) is 1.31. The predicted octanol–water partition coefficient (Wildman–Crippen LogP) is 0.791. The van der Waals surface area contributed by atoms with Crippen molar-refractivity contribution in [2.75, 3.05) is 16.9 Å². The van der Waals surface area contributed by atoms with E-state index in [1.807, 2.05) is 30.3 Å². The summed E-state index contributed by atoms with van der Waals surface area (Å²) < 4.78 is 1.61. The SMILES string of the molecule is Nc1cn(NCc2ccccc2)c(N)n1. The van der Waals surface area contributed by atoms with Crippen LogP contribution in [0.5, 0.6) is 0 Å². The molecule has 0 aliphatic heterocycles. The smallest absolute Gasteiger partial charge is 0.221 e. The van der Waals surface area contributed by atoms with Crippen molar-refractivity contribution in [2.45, 2.75) is 6.54 Å². The van der Waals surface area contributed by atoms with E-state index in [0.717, 1.165) is 0 Å². The number of imidazole rings is 1. The molecule has 5 nitrogen and oxygen atoms in total. The number of nitrogen functional groups attached to an aromatic ring is 2. The Labute approximate surface area is 87.7 Å². The number of benzene rings is 1. The fraction of sp³-hybridized carbons (Fsp3) is 0.100. The molecule has 0 aliphatic carbocycles. The maximum absolute atomic E-state index is 5.61. The van der Waals surface area contributed by atoms with Crippen LogP contribution in [0.3, 0.4) is 0 Å². The number of nitrogens with one attached hydrogen (secondary N) is 1. The van der Waals surface area contributed by atoms with Gasteiger partial charge in [-0.15, -0.1) is 0 Å². The minimum atomic E-state index is 0.364. The van der Waals surface area contributed by atoms with Crippen LogP contribution in [-0.2, 0) is 6.54 Å². The zero-order chi connectivity index (χ0) is 10.7. The van der Waals surface area contributed by atoms with Crippen molar-refractivity contribution in [1.29, 1.82) is 0 Å². The molecule has 5 N–H and O–H groups in total. The third-order valence-corrected chi connectivity index (χ3v) is 2.05. The van der Waals surface area contributed by atoms with Gasteiger partial charge in [0.1, 0.15) is 5.82 Å². The highest BCUT2D eigenvalue weighted by molar-refractivity contribution is 5.36. The van der Waals surface area contributed by atoms with E-state index in [0.29, 0.717) is 18.3 Å². The van der Waals surface area contributed by atoms with Crippen molar-refractivity contribution in [3.63, 3.8) is 0 Å². The highest BCUT2D eigenvalue weighted by atomic mass is 15.5. The van der Waals surface area contributed by atoms with Gasteiger partial charge in [0, 0.05) is 0 Å². The van der Waals surface area contributed by atoms with E-state index in [1.165, 1.54) is 5.56 Å². The van der Waals surface area contributed by atoms with Gasteiger partial charge >= 0.3 is 0 Å². The van der Waals surface area contributed by atoms with Crippen molar-refractivity contribution in [3.8, 4) is 0 Å². The topological polar surface area (TPSA) is 81.9 Å². The van der Waals surface area contributed by atoms with Gasteiger partial charge < -0.3 is 16.9 Å². The van der Waals surface area contributed by atoms with Crippen LogP contribution in [0.25, 0.3) is 0 Å². The normalized spacial score (nSPS) is 10.1. The highest BCUT2D eigenvalue weighted by Gasteiger charge is 2.00. The largest absolute Gasteiger partial charge is 0.382 e. The monoisotopic (exact) mass is 203 g/mol. The molecule has 0 fully saturated rings. The van der Waals surface area contributed by atoms with E-state index in [4.69, 9.17) is 11.5 Å². The van der Waals surface area contributed by atoms with Gasteiger partial charge in [-0.2, -0.15) is 4.98 Å². The number of hydrogen-bond acceptors (Lipinski definition) is 4. The summed E-state index contributed by atoms with van der Waals surface area (Å²) >= 11 is 0. The summed E-state index contributed by atoms with van der Waals surface area (Å²) in [4.78, 5) is 3.88. The van der Waals surface area contributed by atoms with Gasteiger partial charge in [0.25, 0.3) is 0 Å². The summed E-state index contributed by atoms with van der Waals surface area (Å²) in [5.74, 6) is 0.775. The van der Waals surface area contributed by atoms with Crippen LogP contribution in [0.2, 0.25) is 0 Å². The van der Waals surface area contributed by atoms with Crippen LogP contribution < -0.4 is 16.9 Å². The second-order valence-corrected chi connectivity index (χ2v) is 3.21. The summed E-state index contributed by atoms with van der Waals surface area (Å²) in [6.07, 6.45) is 1.65. The molecule has 2 rings (SSSR count). The minimum absolute atomic E-state index is 0.364. The second kappa shape index (κ2) is 3.91. The predicted molar refractivity (Wildman–Crippen MR) is 60.6 cm³/mol. The van der Waals surface area contributed by atoms with Crippen LogP contribution in [0.15, 0.2) is 36.5 Å². The van der Waals surface area contributed by atoms with E-state index in [1.54, 1.807) is 10.9 Å². The molecule has 2 aromatic rings. The van der Waals surface area contributed by atoms with Crippen LogP contribution in [0.4, 0.5) is 11.8 Å². The van der Waals surface area contributed by atoms with Gasteiger partial charge in [-0.3, -0.25) is 0 Å². The maximum Gasteiger partial charge on any atom is 0.221 e. The summed E-state index contributed by atoms with van der Waals surface area (Å²) in [7, 11) is 0. The standard InChI is InChI=1S/C10H13N5/c11-9-7-15(10(12)14-9)13-6-8-4-2-1-3-5-8/h1-5,7,13H,6,11H2,(H2,12,14). The van der Waals surface area contributed by atoms with Crippen LogP contribution in [0, 0.1) is 0 Å². The van der Waals surface area contributed by atoms with Gasteiger partial charge in [0.05, 0.1) is 12.7 Å². The first-order valence-corrected chi connectivity index (χ1v) is 4.64. The van der Waals surface area contributed by atoms with E-state index in [2.05, 4.69) is 10.4 Å². The van der Waals surface area contributed by atoms with E-state index >= 15 is 0 Å². The zero-order valence-corrected chi connectivity index (χ0v) is 8.22. The summed E-state index contributed by atoms with van der Waals surface area (Å²) in [6, 6.07) is 10.0. The van der Waals surface area contributed by atoms with Gasteiger partial charge in [-0.25, -0.2) is 4.68 Å². The highest BCUT2D eigenvalue weighted by Crippen LogP contribution is 2.05. The second-order valence-electron chi connectivity index (χ2n) is 3.21. The molecule has 0 saturated heterocycles. The van der Waals surface area contributed by atoms with Gasteiger partial charge in [-0.05, 0) is 5.56 Å². The number of rotatable bonds is 3. The minimum Gasteiger partial charge on any atom is -0.382 e. The van der Waals surface area contributed by atoms with Crippen molar-refractivity contribution in [3.05, 3.63) is 42.1 Å². The molecule has 1 heterocycles. The van der Waals surface area contributed by atoms with Crippen molar-refractivity contribution < 1.29 is 0 Å². The molecule has 0 bridgehead atoms. The number of hydrogen-bond donors (Lipinski definition) is 3. The molecule has 0 aliphatic rings. The van der Waals surface area contributed by atoms with E-state index in [9.17, 15) is 0 Å². The third kappa shape index (κ3) is 2.19. The van der Waals surface area contributed by atoms with Gasteiger partial charge in [-0.1, -0.05) is 30.3 Å². The Morgan fingerprint density at radius 2 is 1.93 bits per heavy atom. The lowest BCUT2D eigenvalue weighted by Gasteiger charge is -2.07. The molecular weight excluding hydrogens is 190 g/mol. The van der Waals surface area contributed by atoms with Crippen molar-refractivity contribution >= 4 is 11.8 Å². The lowest BCUT2D eigenvalue weighted by molar-refractivity contribution is 0.851. The molecule has 78 valence electrons. The molecule has 0 spiro atoms. The van der Waals surface area contributed by atoms with Crippen molar-refractivity contribution in [2.24, 2.45) is 0 Å². The Morgan fingerprint density at radius 3 is 2.53 bits per heavy atom. The lowest BCUT2D eigenvalue weighted by atomic mass is 10.2. The Balaban J connectivity index is 2.02. The average Bonchev–Trinajstić information content (AvgIpc) is 2.56. The Morgan fingerprint density at radius 1 is 1.20 bits per heavy atom.